The number of carbonyl (C=O) groups is 1. The fourth-order valence-corrected chi connectivity index (χ4v) is 1.99. The van der Waals surface area contributed by atoms with Gasteiger partial charge in [0, 0.05) is 11.8 Å². The van der Waals surface area contributed by atoms with E-state index >= 15 is 0 Å². The van der Waals surface area contributed by atoms with Gasteiger partial charge in [0.15, 0.2) is 0 Å². The predicted molar refractivity (Wildman–Crippen MR) is 75.1 cm³/mol. The number of aromatic nitrogens is 2. The van der Waals surface area contributed by atoms with Crippen molar-refractivity contribution in [2.75, 3.05) is 0 Å². The largest absolute Gasteiger partial charge is 0.478 e. The second-order valence-electron chi connectivity index (χ2n) is 4.57. The molecule has 0 aliphatic heterocycles. The van der Waals surface area contributed by atoms with Crippen molar-refractivity contribution in [3.8, 4) is 0 Å². The number of nitrogens with zero attached hydrogens (tertiary/aromatic N) is 2. The molecular formula is C15H16N2O3. The highest BCUT2D eigenvalue weighted by Gasteiger charge is 2.06. The molecule has 1 heterocycles. The van der Waals surface area contributed by atoms with E-state index in [9.17, 15) is 9.59 Å². The van der Waals surface area contributed by atoms with Gasteiger partial charge in [0.1, 0.15) is 5.82 Å². The normalized spacial score (nSPS) is 10.5. The summed E-state index contributed by atoms with van der Waals surface area (Å²) in [6.07, 6.45) is 0.726. The standard InChI is InChI=1S/C15H16N2O3/c1-3-13-8-14(18)17(10(2)16-13)9-11-4-6-12(7-5-11)15(19)20/h4-8H,3,9H2,1-2H3,(H,19,20). The zero-order chi connectivity index (χ0) is 14.7. The summed E-state index contributed by atoms with van der Waals surface area (Å²) in [6.45, 7) is 4.14. The maximum absolute atomic E-state index is 12.0. The molecule has 0 amide bonds. The number of benzene rings is 1. The Hall–Kier alpha value is -2.43. The molecule has 0 saturated heterocycles. The van der Waals surface area contributed by atoms with Crippen LogP contribution in [0.3, 0.4) is 0 Å². The second-order valence-corrected chi connectivity index (χ2v) is 4.57. The molecule has 0 fully saturated rings. The summed E-state index contributed by atoms with van der Waals surface area (Å²) >= 11 is 0. The summed E-state index contributed by atoms with van der Waals surface area (Å²) in [4.78, 5) is 27.2. The van der Waals surface area contributed by atoms with Crippen molar-refractivity contribution in [3.05, 3.63) is 63.3 Å². The molecule has 5 nitrogen and oxygen atoms in total. The average molecular weight is 272 g/mol. The maximum Gasteiger partial charge on any atom is 0.335 e. The summed E-state index contributed by atoms with van der Waals surface area (Å²) in [6, 6.07) is 8.03. The molecule has 1 aromatic carbocycles. The van der Waals surface area contributed by atoms with Gasteiger partial charge < -0.3 is 5.11 Å². The van der Waals surface area contributed by atoms with E-state index in [1.807, 2.05) is 6.92 Å². The van der Waals surface area contributed by atoms with E-state index in [0.717, 1.165) is 17.7 Å². The molecule has 2 rings (SSSR count). The minimum Gasteiger partial charge on any atom is -0.478 e. The van der Waals surface area contributed by atoms with Gasteiger partial charge in [-0.25, -0.2) is 9.78 Å². The third-order valence-electron chi connectivity index (χ3n) is 3.16. The minimum atomic E-state index is -0.959. The van der Waals surface area contributed by atoms with Crippen molar-refractivity contribution in [2.45, 2.75) is 26.8 Å². The lowest BCUT2D eigenvalue weighted by Crippen LogP contribution is -2.24. The lowest BCUT2D eigenvalue weighted by molar-refractivity contribution is 0.0697. The van der Waals surface area contributed by atoms with Gasteiger partial charge in [-0.05, 0) is 31.0 Å². The van der Waals surface area contributed by atoms with E-state index < -0.39 is 5.97 Å². The van der Waals surface area contributed by atoms with Crippen LogP contribution in [0.1, 0.15) is 34.4 Å². The van der Waals surface area contributed by atoms with Gasteiger partial charge in [0.05, 0.1) is 12.1 Å². The van der Waals surface area contributed by atoms with E-state index in [4.69, 9.17) is 5.11 Å². The molecule has 0 bridgehead atoms. The van der Waals surface area contributed by atoms with Crippen LogP contribution >= 0.6 is 0 Å². The minimum absolute atomic E-state index is 0.0864. The highest BCUT2D eigenvalue weighted by Crippen LogP contribution is 2.07. The Labute approximate surface area is 116 Å². The first kappa shape index (κ1) is 14.0. The monoisotopic (exact) mass is 272 g/mol. The van der Waals surface area contributed by atoms with E-state index in [2.05, 4.69) is 4.98 Å². The predicted octanol–water partition coefficient (Wildman–Crippen LogP) is 1.86. The first-order valence-electron chi connectivity index (χ1n) is 6.41. The molecule has 20 heavy (non-hydrogen) atoms. The fourth-order valence-electron chi connectivity index (χ4n) is 1.99. The third-order valence-corrected chi connectivity index (χ3v) is 3.16. The van der Waals surface area contributed by atoms with Crippen molar-refractivity contribution in [1.29, 1.82) is 0 Å². The van der Waals surface area contributed by atoms with Gasteiger partial charge in [-0.3, -0.25) is 9.36 Å². The highest BCUT2D eigenvalue weighted by molar-refractivity contribution is 5.87. The smallest absolute Gasteiger partial charge is 0.335 e. The SMILES string of the molecule is CCc1cc(=O)n(Cc2ccc(C(=O)O)cc2)c(C)n1. The van der Waals surface area contributed by atoms with Crippen LogP contribution in [0.2, 0.25) is 0 Å². The first-order valence-corrected chi connectivity index (χ1v) is 6.41. The Bertz CT molecular complexity index is 687. The molecule has 104 valence electrons. The Morgan fingerprint density at radius 2 is 1.95 bits per heavy atom. The van der Waals surface area contributed by atoms with Crippen LogP contribution < -0.4 is 5.56 Å². The molecule has 0 unspecified atom stereocenters. The van der Waals surface area contributed by atoms with E-state index in [1.165, 1.54) is 12.1 Å². The molecule has 1 aromatic heterocycles. The van der Waals surface area contributed by atoms with Crippen molar-refractivity contribution in [2.24, 2.45) is 0 Å². The molecule has 0 aliphatic rings. The average Bonchev–Trinajstić information content (AvgIpc) is 2.43. The quantitative estimate of drug-likeness (QED) is 0.922. The lowest BCUT2D eigenvalue weighted by atomic mass is 10.1. The fraction of sp³-hybridized carbons (Fsp3) is 0.267. The van der Waals surface area contributed by atoms with Gasteiger partial charge in [-0.2, -0.15) is 0 Å². The van der Waals surface area contributed by atoms with Gasteiger partial charge in [-0.1, -0.05) is 19.1 Å². The van der Waals surface area contributed by atoms with Gasteiger partial charge >= 0.3 is 5.97 Å². The van der Waals surface area contributed by atoms with Gasteiger partial charge in [-0.15, -0.1) is 0 Å². The molecule has 0 radical (unpaired) electrons. The van der Waals surface area contributed by atoms with Crippen molar-refractivity contribution >= 4 is 5.97 Å². The molecule has 5 heteroatoms. The summed E-state index contributed by atoms with van der Waals surface area (Å²) in [5.41, 5.74) is 1.80. The zero-order valence-corrected chi connectivity index (χ0v) is 11.5. The molecule has 0 spiro atoms. The maximum atomic E-state index is 12.0. The van der Waals surface area contributed by atoms with Crippen LogP contribution in [0, 0.1) is 6.92 Å². The molecule has 0 saturated carbocycles. The van der Waals surface area contributed by atoms with E-state index in [-0.39, 0.29) is 11.1 Å². The van der Waals surface area contributed by atoms with Crippen LogP contribution in [0.4, 0.5) is 0 Å². The molecular weight excluding hydrogens is 256 g/mol. The summed E-state index contributed by atoms with van der Waals surface area (Å²) in [5.74, 6) is -0.296. The summed E-state index contributed by atoms with van der Waals surface area (Å²) < 4.78 is 1.58. The van der Waals surface area contributed by atoms with Crippen LogP contribution in [0.5, 0.6) is 0 Å². The summed E-state index contributed by atoms with van der Waals surface area (Å²) in [7, 11) is 0. The van der Waals surface area contributed by atoms with Crippen LogP contribution in [0.25, 0.3) is 0 Å². The van der Waals surface area contributed by atoms with Crippen molar-refractivity contribution in [3.63, 3.8) is 0 Å². The summed E-state index contributed by atoms with van der Waals surface area (Å²) in [5, 5.41) is 8.85. The number of carboxylic acid groups (broad SMARTS) is 1. The van der Waals surface area contributed by atoms with Crippen LogP contribution in [-0.2, 0) is 13.0 Å². The van der Waals surface area contributed by atoms with Crippen molar-refractivity contribution < 1.29 is 9.90 Å². The zero-order valence-electron chi connectivity index (χ0n) is 11.5. The number of rotatable bonds is 4. The van der Waals surface area contributed by atoms with Crippen LogP contribution in [-0.4, -0.2) is 20.6 Å². The Kier molecular flexibility index (Phi) is 3.98. The third kappa shape index (κ3) is 2.93. The van der Waals surface area contributed by atoms with E-state index in [0.29, 0.717) is 12.4 Å². The Morgan fingerprint density at radius 1 is 1.30 bits per heavy atom. The lowest BCUT2D eigenvalue weighted by Gasteiger charge is -2.10. The Morgan fingerprint density at radius 3 is 2.45 bits per heavy atom. The highest BCUT2D eigenvalue weighted by atomic mass is 16.4. The van der Waals surface area contributed by atoms with E-state index in [1.54, 1.807) is 29.7 Å². The number of carboxylic acids is 1. The second kappa shape index (κ2) is 5.69. The molecule has 2 aromatic rings. The Balaban J connectivity index is 2.30. The first-order chi connectivity index (χ1) is 9.51. The van der Waals surface area contributed by atoms with Gasteiger partial charge in [0.2, 0.25) is 0 Å². The number of hydrogen-bond acceptors (Lipinski definition) is 3. The topological polar surface area (TPSA) is 72.2 Å². The number of aromatic carboxylic acids is 1. The van der Waals surface area contributed by atoms with Gasteiger partial charge in [0.25, 0.3) is 5.56 Å². The van der Waals surface area contributed by atoms with Crippen LogP contribution in [0.15, 0.2) is 35.1 Å². The molecule has 0 aliphatic carbocycles. The van der Waals surface area contributed by atoms with Crippen molar-refractivity contribution in [1.82, 2.24) is 9.55 Å². The number of aryl methyl sites for hydroxylation is 2. The number of hydrogen-bond donors (Lipinski definition) is 1. The molecule has 0 atom stereocenters. The molecule has 1 N–H and O–H groups in total.